The Morgan fingerprint density at radius 1 is 1.20 bits per heavy atom. The highest BCUT2D eigenvalue weighted by Gasteiger charge is 2.21. The van der Waals surface area contributed by atoms with Crippen LogP contribution in [0.3, 0.4) is 0 Å². The maximum absolute atomic E-state index is 10.1. The quantitative estimate of drug-likeness (QED) is 0.825. The predicted octanol–water partition coefficient (Wildman–Crippen LogP) is 3.82. The Balaban J connectivity index is 2.71. The fraction of sp³-hybridized carbons (Fsp3) is 0.647. The van der Waals surface area contributed by atoms with Crippen molar-refractivity contribution in [2.45, 2.75) is 53.1 Å². The molecule has 0 heterocycles. The highest BCUT2D eigenvalue weighted by molar-refractivity contribution is 5.43. The summed E-state index contributed by atoms with van der Waals surface area (Å²) in [4.78, 5) is 0. The summed E-state index contributed by atoms with van der Waals surface area (Å²) in [6, 6.07) is 5.99. The Labute approximate surface area is 122 Å². The van der Waals surface area contributed by atoms with Gasteiger partial charge in [-0.1, -0.05) is 33.8 Å². The van der Waals surface area contributed by atoms with E-state index >= 15 is 0 Å². The van der Waals surface area contributed by atoms with Gasteiger partial charge in [-0.2, -0.15) is 0 Å². The summed E-state index contributed by atoms with van der Waals surface area (Å²) in [5.41, 5.74) is 1.09. The zero-order valence-electron chi connectivity index (χ0n) is 13.4. The van der Waals surface area contributed by atoms with Gasteiger partial charge in [0.15, 0.2) is 11.5 Å². The molecule has 0 radical (unpaired) electrons. The summed E-state index contributed by atoms with van der Waals surface area (Å²) < 4.78 is 11.0. The maximum atomic E-state index is 10.1. The Bertz CT molecular complexity index is 407. The van der Waals surface area contributed by atoms with E-state index in [9.17, 15) is 5.11 Å². The second kappa shape index (κ2) is 7.53. The second-order valence-corrected chi connectivity index (χ2v) is 6.25. The largest absolute Gasteiger partial charge is 0.493 e. The van der Waals surface area contributed by atoms with Crippen molar-refractivity contribution in [3.8, 4) is 11.5 Å². The van der Waals surface area contributed by atoms with Gasteiger partial charge in [-0.15, -0.1) is 0 Å². The molecule has 0 saturated heterocycles. The lowest BCUT2D eigenvalue weighted by Crippen LogP contribution is -2.26. The number of aliphatic hydroxyl groups is 1. The standard InChI is InChI=1S/C17H28O3/c1-6-11-20-15-12-13(7-9-14(15)19-5)8-10-16(18)17(2,3)4/h7,9,12,16,18H,6,8,10-11H2,1-5H3. The van der Waals surface area contributed by atoms with E-state index in [4.69, 9.17) is 9.47 Å². The van der Waals surface area contributed by atoms with Crippen molar-refractivity contribution in [1.82, 2.24) is 0 Å². The molecule has 114 valence electrons. The number of ether oxygens (including phenoxy) is 2. The van der Waals surface area contributed by atoms with E-state index in [1.165, 1.54) is 5.56 Å². The molecule has 0 aliphatic rings. The number of hydrogen-bond donors (Lipinski definition) is 1. The molecule has 1 aromatic rings. The number of benzene rings is 1. The molecule has 1 atom stereocenters. The molecule has 0 bridgehead atoms. The van der Waals surface area contributed by atoms with E-state index < -0.39 is 0 Å². The Kier molecular flexibility index (Phi) is 6.34. The van der Waals surface area contributed by atoms with Gasteiger partial charge in [0.25, 0.3) is 0 Å². The summed E-state index contributed by atoms with van der Waals surface area (Å²) in [6.45, 7) is 8.94. The first-order valence-corrected chi connectivity index (χ1v) is 7.36. The number of aryl methyl sites for hydroxylation is 1. The number of aliphatic hydroxyl groups excluding tert-OH is 1. The summed E-state index contributed by atoms with van der Waals surface area (Å²) in [5, 5.41) is 10.1. The normalized spacial score (nSPS) is 13.1. The number of methoxy groups -OCH3 is 1. The molecule has 1 unspecified atom stereocenters. The average Bonchev–Trinajstić information content (AvgIpc) is 2.41. The number of rotatable bonds is 7. The molecule has 3 heteroatoms. The molecule has 1 N–H and O–H groups in total. The van der Waals surface area contributed by atoms with Crippen molar-refractivity contribution < 1.29 is 14.6 Å². The molecule has 0 amide bonds. The van der Waals surface area contributed by atoms with Gasteiger partial charge in [0.2, 0.25) is 0 Å². The molecule has 0 aromatic heterocycles. The second-order valence-electron chi connectivity index (χ2n) is 6.25. The molecule has 1 rings (SSSR count). The van der Waals surface area contributed by atoms with E-state index in [0.29, 0.717) is 6.61 Å². The minimum Gasteiger partial charge on any atom is -0.493 e. The Hall–Kier alpha value is -1.22. The average molecular weight is 280 g/mol. The van der Waals surface area contributed by atoms with Crippen LogP contribution in [-0.2, 0) is 6.42 Å². The smallest absolute Gasteiger partial charge is 0.161 e. The lowest BCUT2D eigenvalue weighted by molar-refractivity contribution is 0.0560. The third-order valence-corrected chi connectivity index (χ3v) is 3.40. The van der Waals surface area contributed by atoms with Crippen molar-refractivity contribution in [3.63, 3.8) is 0 Å². The van der Waals surface area contributed by atoms with Gasteiger partial charge >= 0.3 is 0 Å². The van der Waals surface area contributed by atoms with Gasteiger partial charge in [-0.3, -0.25) is 0 Å². The molecular formula is C17H28O3. The van der Waals surface area contributed by atoms with Crippen LogP contribution in [0.25, 0.3) is 0 Å². The predicted molar refractivity (Wildman–Crippen MR) is 82.6 cm³/mol. The summed E-state index contributed by atoms with van der Waals surface area (Å²) in [5.74, 6) is 1.55. The lowest BCUT2D eigenvalue weighted by Gasteiger charge is -2.25. The van der Waals surface area contributed by atoms with E-state index in [1.54, 1.807) is 7.11 Å². The minimum absolute atomic E-state index is 0.0754. The SMILES string of the molecule is CCCOc1cc(CCC(O)C(C)(C)C)ccc1OC. The zero-order chi connectivity index (χ0) is 15.2. The molecular weight excluding hydrogens is 252 g/mol. The monoisotopic (exact) mass is 280 g/mol. The van der Waals surface area contributed by atoms with Crippen molar-refractivity contribution in [2.24, 2.45) is 5.41 Å². The maximum Gasteiger partial charge on any atom is 0.161 e. The summed E-state index contributed by atoms with van der Waals surface area (Å²) >= 11 is 0. The van der Waals surface area contributed by atoms with Gasteiger partial charge in [0.1, 0.15) is 0 Å². The van der Waals surface area contributed by atoms with Crippen LogP contribution in [0.4, 0.5) is 0 Å². The highest BCUT2D eigenvalue weighted by Crippen LogP contribution is 2.30. The minimum atomic E-state index is -0.301. The molecule has 0 saturated carbocycles. The van der Waals surface area contributed by atoms with Gasteiger partial charge in [0, 0.05) is 0 Å². The zero-order valence-corrected chi connectivity index (χ0v) is 13.4. The molecule has 1 aromatic carbocycles. The van der Waals surface area contributed by atoms with Crippen LogP contribution in [0.2, 0.25) is 0 Å². The van der Waals surface area contributed by atoms with Crippen LogP contribution < -0.4 is 9.47 Å². The fourth-order valence-electron chi connectivity index (χ4n) is 1.94. The van der Waals surface area contributed by atoms with Crippen LogP contribution in [0.15, 0.2) is 18.2 Å². The van der Waals surface area contributed by atoms with Crippen LogP contribution in [0.5, 0.6) is 11.5 Å². The van der Waals surface area contributed by atoms with Gasteiger partial charge < -0.3 is 14.6 Å². The molecule has 0 aliphatic heterocycles. The van der Waals surface area contributed by atoms with E-state index in [1.807, 2.05) is 18.2 Å². The van der Waals surface area contributed by atoms with E-state index in [0.717, 1.165) is 30.8 Å². The first kappa shape index (κ1) is 16.8. The molecule has 0 aliphatic carbocycles. The summed E-state index contributed by atoms with van der Waals surface area (Å²) in [6.07, 6.45) is 2.26. The van der Waals surface area contributed by atoms with E-state index in [-0.39, 0.29) is 11.5 Å². The van der Waals surface area contributed by atoms with Gasteiger partial charge in [-0.25, -0.2) is 0 Å². The Morgan fingerprint density at radius 3 is 2.45 bits per heavy atom. The fourth-order valence-corrected chi connectivity index (χ4v) is 1.94. The van der Waals surface area contributed by atoms with E-state index in [2.05, 4.69) is 27.7 Å². The molecule has 0 fully saturated rings. The highest BCUT2D eigenvalue weighted by atomic mass is 16.5. The van der Waals surface area contributed by atoms with Crippen molar-refractivity contribution in [1.29, 1.82) is 0 Å². The van der Waals surface area contributed by atoms with Crippen LogP contribution in [0.1, 0.15) is 46.1 Å². The Morgan fingerprint density at radius 2 is 1.90 bits per heavy atom. The van der Waals surface area contributed by atoms with Crippen molar-refractivity contribution >= 4 is 0 Å². The van der Waals surface area contributed by atoms with Crippen LogP contribution >= 0.6 is 0 Å². The third-order valence-electron chi connectivity index (χ3n) is 3.40. The van der Waals surface area contributed by atoms with Crippen LogP contribution in [0, 0.1) is 5.41 Å². The summed E-state index contributed by atoms with van der Waals surface area (Å²) in [7, 11) is 1.65. The third kappa shape index (κ3) is 5.04. The first-order valence-electron chi connectivity index (χ1n) is 7.36. The first-order chi connectivity index (χ1) is 9.38. The molecule has 20 heavy (non-hydrogen) atoms. The van der Waals surface area contributed by atoms with Crippen molar-refractivity contribution in [3.05, 3.63) is 23.8 Å². The molecule has 0 spiro atoms. The van der Waals surface area contributed by atoms with Crippen LogP contribution in [-0.4, -0.2) is 24.9 Å². The lowest BCUT2D eigenvalue weighted by atomic mass is 9.86. The topological polar surface area (TPSA) is 38.7 Å². The molecule has 3 nitrogen and oxygen atoms in total. The van der Waals surface area contributed by atoms with Gasteiger partial charge in [-0.05, 0) is 42.4 Å². The van der Waals surface area contributed by atoms with Gasteiger partial charge in [0.05, 0.1) is 19.8 Å². The number of hydrogen-bond acceptors (Lipinski definition) is 3. The van der Waals surface area contributed by atoms with Crippen molar-refractivity contribution in [2.75, 3.05) is 13.7 Å².